The lowest BCUT2D eigenvalue weighted by Gasteiger charge is -2.59. The lowest BCUT2D eigenvalue weighted by molar-refractivity contribution is -0.246. The van der Waals surface area contributed by atoms with Crippen molar-refractivity contribution >= 4 is 5.78 Å². The van der Waals surface area contributed by atoms with Gasteiger partial charge >= 0.3 is 0 Å². The van der Waals surface area contributed by atoms with Crippen LogP contribution in [0.15, 0.2) is 0 Å². The summed E-state index contributed by atoms with van der Waals surface area (Å²) in [6, 6.07) is 0. The quantitative estimate of drug-likeness (QED) is 0.636. The fourth-order valence-electron chi connectivity index (χ4n) is 8.15. The number of fused-ring (bicyclic) bond motifs is 6. The number of hydrogen-bond acceptors (Lipinski definition) is 3. The van der Waals surface area contributed by atoms with Gasteiger partial charge < -0.3 is 9.47 Å². The monoisotopic (exact) mass is 346 g/mol. The maximum Gasteiger partial charge on any atom is 0.174 e. The highest BCUT2D eigenvalue weighted by Gasteiger charge is 2.67. The third-order valence-electron chi connectivity index (χ3n) is 9.58. The van der Waals surface area contributed by atoms with Gasteiger partial charge in [-0.3, -0.25) is 4.79 Å². The molecule has 0 N–H and O–H groups in total. The maximum absolute atomic E-state index is 12.1. The fourth-order valence-corrected chi connectivity index (χ4v) is 8.15. The molecule has 140 valence electrons. The van der Waals surface area contributed by atoms with Crippen molar-refractivity contribution in [3.8, 4) is 0 Å². The number of Topliss-reactive ketones (excluding diaryl/α,β-unsaturated/α-hetero) is 1. The number of hydrogen-bond donors (Lipinski definition) is 0. The SMILES string of the molecule is C[C@]12CCC(=O)CC[C@@H]1CC[C@@H]1[C@@H]2CC[C@@]2(C)[C@H]1CCC21OCCO1. The molecule has 1 saturated heterocycles. The Morgan fingerprint density at radius 2 is 1.60 bits per heavy atom. The van der Waals surface area contributed by atoms with Crippen molar-refractivity contribution in [1.82, 2.24) is 0 Å². The molecule has 1 aliphatic heterocycles. The molecule has 3 heteroatoms. The van der Waals surface area contributed by atoms with Gasteiger partial charge in [-0.2, -0.15) is 0 Å². The molecule has 0 unspecified atom stereocenters. The summed E-state index contributed by atoms with van der Waals surface area (Å²) in [7, 11) is 0. The highest BCUT2D eigenvalue weighted by atomic mass is 16.7. The molecule has 5 fully saturated rings. The molecule has 3 nitrogen and oxygen atoms in total. The predicted octanol–water partition coefficient (Wildman–Crippen LogP) is 4.73. The van der Waals surface area contributed by atoms with Crippen LogP contribution in [0, 0.1) is 34.5 Å². The average molecular weight is 347 g/mol. The minimum atomic E-state index is -0.278. The number of carbonyl (C=O) groups is 1. The Morgan fingerprint density at radius 3 is 2.40 bits per heavy atom. The van der Waals surface area contributed by atoms with Crippen LogP contribution in [0.5, 0.6) is 0 Å². The van der Waals surface area contributed by atoms with Gasteiger partial charge in [-0.1, -0.05) is 13.8 Å². The van der Waals surface area contributed by atoms with Crippen LogP contribution in [0.25, 0.3) is 0 Å². The summed E-state index contributed by atoms with van der Waals surface area (Å²) in [5, 5.41) is 0. The summed E-state index contributed by atoms with van der Waals surface area (Å²) < 4.78 is 12.5. The van der Waals surface area contributed by atoms with E-state index in [9.17, 15) is 4.79 Å². The first-order valence-corrected chi connectivity index (χ1v) is 10.8. The maximum atomic E-state index is 12.1. The van der Waals surface area contributed by atoms with Crippen LogP contribution in [-0.2, 0) is 14.3 Å². The summed E-state index contributed by atoms with van der Waals surface area (Å²) in [4.78, 5) is 12.1. The summed E-state index contributed by atoms with van der Waals surface area (Å²) in [6.07, 6.45) is 11.6. The number of ether oxygens (including phenoxy) is 2. The molecule has 0 bridgehead atoms. The standard InChI is InChI=1S/C22H34O3/c1-20-10-7-16(23)5-3-15(20)4-6-17-18(20)8-11-21(2)19(17)9-12-22(21)24-13-14-25-22/h15,17-19H,3-14H2,1-2H3/t15-,17-,18+,19+,20+,21+/m1/s1. The van der Waals surface area contributed by atoms with Crippen molar-refractivity contribution in [1.29, 1.82) is 0 Å². The Morgan fingerprint density at radius 1 is 0.840 bits per heavy atom. The van der Waals surface area contributed by atoms with E-state index in [2.05, 4.69) is 13.8 Å². The fraction of sp³-hybridized carbons (Fsp3) is 0.955. The first kappa shape index (κ1) is 16.7. The van der Waals surface area contributed by atoms with Crippen molar-refractivity contribution < 1.29 is 14.3 Å². The minimum Gasteiger partial charge on any atom is -0.347 e. The number of rotatable bonds is 0. The molecule has 1 heterocycles. The van der Waals surface area contributed by atoms with E-state index in [1.54, 1.807) is 0 Å². The highest BCUT2D eigenvalue weighted by molar-refractivity contribution is 5.78. The van der Waals surface area contributed by atoms with Gasteiger partial charge in [0.15, 0.2) is 5.79 Å². The zero-order chi connectivity index (χ0) is 17.3. The molecule has 4 aliphatic carbocycles. The molecule has 6 atom stereocenters. The molecule has 5 rings (SSSR count). The highest BCUT2D eigenvalue weighted by Crippen LogP contribution is 2.69. The Labute approximate surface area is 152 Å². The molecule has 0 aromatic carbocycles. The van der Waals surface area contributed by atoms with Gasteiger partial charge in [-0.25, -0.2) is 0 Å². The largest absolute Gasteiger partial charge is 0.347 e. The second-order valence-electron chi connectivity index (χ2n) is 10.2. The van der Waals surface area contributed by atoms with Gasteiger partial charge in [0, 0.05) is 24.7 Å². The number of carbonyl (C=O) groups excluding carboxylic acids is 1. The molecule has 0 radical (unpaired) electrons. The Balaban J connectivity index is 1.46. The lowest BCUT2D eigenvalue weighted by atomic mass is 9.46. The lowest BCUT2D eigenvalue weighted by Crippen LogP contribution is -2.55. The van der Waals surface area contributed by atoms with Gasteiger partial charge in [0.05, 0.1) is 13.2 Å². The van der Waals surface area contributed by atoms with E-state index < -0.39 is 0 Å². The van der Waals surface area contributed by atoms with Crippen molar-refractivity contribution in [3.05, 3.63) is 0 Å². The molecule has 5 aliphatic rings. The van der Waals surface area contributed by atoms with Crippen LogP contribution in [0.1, 0.15) is 78.1 Å². The minimum absolute atomic E-state index is 0.203. The first-order valence-electron chi connectivity index (χ1n) is 10.8. The molecular weight excluding hydrogens is 312 g/mol. The molecule has 0 amide bonds. The zero-order valence-corrected chi connectivity index (χ0v) is 16.0. The normalized spacial score (nSPS) is 51.7. The van der Waals surface area contributed by atoms with E-state index in [-0.39, 0.29) is 11.2 Å². The van der Waals surface area contributed by atoms with Crippen LogP contribution >= 0.6 is 0 Å². The topological polar surface area (TPSA) is 35.5 Å². The Kier molecular flexibility index (Phi) is 3.71. The van der Waals surface area contributed by atoms with Crippen molar-refractivity contribution in [3.63, 3.8) is 0 Å². The van der Waals surface area contributed by atoms with E-state index in [0.29, 0.717) is 11.2 Å². The van der Waals surface area contributed by atoms with Gasteiger partial charge in [0.2, 0.25) is 0 Å². The molecule has 0 aromatic heterocycles. The van der Waals surface area contributed by atoms with Gasteiger partial charge in [-0.05, 0) is 74.0 Å². The van der Waals surface area contributed by atoms with Crippen molar-refractivity contribution in [2.45, 2.75) is 83.8 Å². The second kappa shape index (κ2) is 5.55. The molecule has 25 heavy (non-hydrogen) atoms. The third-order valence-corrected chi connectivity index (χ3v) is 9.58. The van der Waals surface area contributed by atoms with Crippen LogP contribution < -0.4 is 0 Å². The smallest absolute Gasteiger partial charge is 0.174 e. The van der Waals surface area contributed by atoms with E-state index in [4.69, 9.17) is 9.47 Å². The van der Waals surface area contributed by atoms with E-state index in [0.717, 1.165) is 69.0 Å². The molecular formula is C22H34O3. The molecule has 0 aromatic rings. The molecule has 1 spiro atoms. The Bertz CT molecular complexity index is 566. The summed E-state index contributed by atoms with van der Waals surface area (Å²) in [5.41, 5.74) is 0.595. The zero-order valence-electron chi connectivity index (χ0n) is 16.0. The number of ketones is 1. The van der Waals surface area contributed by atoms with E-state index >= 15 is 0 Å². The van der Waals surface area contributed by atoms with E-state index in [1.165, 1.54) is 32.1 Å². The van der Waals surface area contributed by atoms with Gasteiger partial charge in [-0.15, -0.1) is 0 Å². The van der Waals surface area contributed by atoms with Gasteiger partial charge in [0.25, 0.3) is 0 Å². The van der Waals surface area contributed by atoms with Gasteiger partial charge in [0.1, 0.15) is 5.78 Å². The predicted molar refractivity (Wildman–Crippen MR) is 96.0 cm³/mol. The van der Waals surface area contributed by atoms with Crippen LogP contribution in [0.4, 0.5) is 0 Å². The Hall–Kier alpha value is -0.410. The van der Waals surface area contributed by atoms with E-state index in [1.807, 2.05) is 0 Å². The van der Waals surface area contributed by atoms with Crippen LogP contribution in [0.3, 0.4) is 0 Å². The summed E-state index contributed by atoms with van der Waals surface area (Å²) in [6.45, 7) is 6.57. The average Bonchev–Trinajstić information content (AvgIpc) is 3.15. The molecule has 4 saturated carbocycles. The first-order chi connectivity index (χ1) is 12.0. The second-order valence-corrected chi connectivity index (χ2v) is 10.2. The van der Waals surface area contributed by atoms with Crippen LogP contribution in [-0.4, -0.2) is 24.8 Å². The van der Waals surface area contributed by atoms with Crippen LogP contribution in [0.2, 0.25) is 0 Å². The summed E-state index contributed by atoms with van der Waals surface area (Å²) >= 11 is 0. The van der Waals surface area contributed by atoms with Crippen molar-refractivity contribution in [2.75, 3.05) is 13.2 Å². The third kappa shape index (κ3) is 2.15. The summed E-state index contributed by atoms with van der Waals surface area (Å²) in [5.74, 6) is 3.40. The van der Waals surface area contributed by atoms with Crippen molar-refractivity contribution in [2.24, 2.45) is 34.5 Å².